The fraction of sp³-hybridized carbons (Fsp3) is 0.556. The third-order valence-electron chi connectivity index (χ3n) is 4.65. The fourth-order valence-electron chi connectivity index (χ4n) is 3.18. The molecule has 0 aliphatic carbocycles. The summed E-state index contributed by atoms with van der Waals surface area (Å²) in [6.07, 6.45) is 1.55. The Bertz CT molecular complexity index is 601. The molecule has 1 saturated heterocycles. The molecule has 1 fully saturated rings. The second kappa shape index (κ2) is 8.04. The van der Waals surface area contributed by atoms with E-state index < -0.39 is 5.97 Å². The fourth-order valence-corrected chi connectivity index (χ4v) is 3.18. The molecule has 24 heavy (non-hydrogen) atoms. The van der Waals surface area contributed by atoms with E-state index in [9.17, 15) is 9.59 Å². The molecule has 1 aliphatic rings. The Hall–Kier alpha value is -2.24. The lowest BCUT2D eigenvalue weighted by Crippen LogP contribution is -2.45. The highest BCUT2D eigenvalue weighted by Gasteiger charge is 2.32. The van der Waals surface area contributed by atoms with Gasteiger partial charge in [0.1, 0.15) is 0 Å². The molecule has 132 valence electrons. The number of amides is 1. The lowest BCUT2D eigenvalue weighted by molar-refractivity contribution is -0.148. The van der Waals surface area contributed by atoms with Gasteiger partial charge in [-0.1, -0.05) is 13.0 Å². The van der Waals surface area contributed by atoms with Gasteiger partial charge in [0.05, 0.1) is 20.1 Å². The van der Waals surface area contributed by atoms with Crippen LogP contribution in [0.4, 0.5) is 0 Å². The average molecular weight is 335 g/mol. The zero-order valence-electron chi connectivity index (χ0n) is 14.4. The summed E-state index contributed by atoms with van der Waals surface area (Å²) < 4.78 is 10.5. The Kier molecular flexibility index (Phi) is 6.06. The first-order chi connectivity index (χ1) is 11.5. The van der Waals surface area contributed by atoms with Crippen molar-refractivity contribution in [2.45, 2.75) is 26.2 Å². The summed E-state index contributed by atoms with van der Waals surface area (Å²) in [5, 5.41) is 9.15. The van der Waals surface area contributed by atoms with E-state index in [0.717, 1.165) is 5.56 Å². The van der Waals surface area contributed by atoms with E-state index in [1.54, 1.807) is 19.1 Å². The van der Waals surface area contributed by atoms with Crippen LogP contribution in [0.3, 0.4) is 0 Å². The number of hydrogen-bond donors (Lipinski definition) is 1. The van der Waals surface area contributed by atoms with Crippen molar-refractivity contribution in [2.75, 3.05) is 27.3 Å². The van der Waals surface area contributed by atoms with Crippen LogP contribution in [-0.4, -0.2) is 49.2 Å². The van der Waals surface area contributed by atoms with Crippen LogP contribution in [0.15, 0.2) is 18.2 Å². The highest BCUT2D eigenvalue weighted by molar-refractivity contribution is 5.77. The lowest BCUT2D eigenvalue weighted by Gasteiger charge is -2.35. The van der Waals surface area contributed by atoms with Crippen LogP contribution < -0.4 is 9.47 Å². The summed E-state index contributed by atoms with van der Waals surface area (Å²) in [6, 6.07) is 5.64. The van der Waals surface area contributed by atoms with Crippen molar-refractivity contribution in [3.63, 3.8) is 0 Å². The van der Waals surface area contributed by atoms with Gasteiger partial charge in [0.2, 0.25) is 5.91 Å². The van der Waals surface area contributed by atoms with E-state index in [1.165, 1.54) is 0 Å². The number of aryl methyl sites for hydroxylation is 1. The van der Waals surface area contributed by atoms with Crippen LogP contribution in [-0.2, 0) is 16.0 Å². The molecule has 1 aromatic rings. The zero-order valence-corrected chi connectivity index (χ0v) is 14.4. The van der Waals surface area contributed by atoms with Crippen molar-refractivity contribution in [3.8, 4) is 11.5 Å². The predicted octanol–water partition coefficient (Wildman–Crippen LogP) is 2.21. The van der Waals surface area contributed by atoms with Gasteiger partial charge in [-0.15, -0.1) is 0 Å². The number of methoxy groups -OCH3 is 2. The molecule has 0 radical (unpaired) electrons. The van der Waals surface area contributed by atoms with Crippen LogP contribution in [0.25, 0.3) is 0 Å². The molecule has 2 unspecified atom stereocenters. The minimum Gasteiger partial charge on any atom is -0.493 e. The number of rotatable bonds is 6. The zero-order chi connectivity index (χ0) is 17.7. The summed E-state index contributed by atoms with van der Waals surface area (Å²) in [5.41, 5.74) is 1.01. The van der Waals surface area contributed by atoms with Crippen LogP contribution in [0.1, 0.15) is 25.3 Å². The van der Waals surface area contributed by atoms with Crippen LogP contribution >= 0.6 is 0 Å². The van der Waals surface area contributed by atoms with E-state index in [2.05, 4.69) is 0 Å². The minimum absolute atomic E-state index is 0.0127. The number of carbonyl (C=O) groups excluding carboxylic acids is 1. The molecule has 1 aliphatic heterocycles. The molecule has 0 aromatic heterocycles. The largest absolute Gasteiger partial charge is 0.493 e. The first kappa shape index (κ1) is 18.1. The van der Waals surface area contributed by atoms with Gasteiger partial charge in [-0.2, -0.15) is 0 Å². The van der Waals surface area contributed by atoms with E-state index >= 15 is 0 Å². The molecule has 6 nitrogen and oxygen atoms in total. The minimum atomic E-state index is -0.764. The molecule has 1 N–H and O–H groups in total. The SMILES string of the molecule is COc1ccc(CCC(=O)N2CCC(C(=O)O)C(C)C2)cc1OC. The maximum Gasteiger partial charge on any atom is 0.306 e. The van der Waals surface area contributed by atoms with Gasteiger partial charge in [-0.05, 0) is 36.5 Å². The summed E-state index contributed by atoms with van der Waals surface area (Å²) in [4.78, 5) is 25.3. The molecular weight excluding hydrogens is 310 g/mol. The molecule has 2 atom stereocenters. The quantitative estimate of drug-likeness (QED) is 0.862. The molecule has 1 heterocycles. The van der Waals surface area contributed by atoms with Gasteiger partial charge in [0.15, 0.2) is 11.5 Å². The van der Waals surface area contributed by atoms with Crippen molar-refractivity contribution < 1.29 is 24.2 Å². The number of hydrogen-bond acceptors (Lipinski definition) is 4. The van der Waals surface area contributed by atoms with Gasteiger partial charge in [0, 0.05) is 19.5 Å². The molecule has 0 bridgehead atoms. The van der Waals surface area contributed by atoms with Crippen molar-refractivity contribution >= 4 is 11.9 Å². The summed E-state index contributed by atoms with van der Waals surface area (Å²) in [6.45, 7) is 2.93. The van der Waals surface area contributed by atoms with Crippen molar-refractivity contribution in [1.82, 2.24) is 4.90 Å². The topological polar surface area (TPSA) is 76.1 Å². The number of carboxylic acids is 1. The number of carboxylic acid groups (broad SMARTS) is 1. The molecule has 0 saturated carbocycles. The van der Waals surface area contributed by atoms with Crippen LogP contribution in [0.2, 0.25) is 0 Å². The third-order valence-corrected chi connectivity index (χ3v) is 4.65. The average Bonchev–Trinajstić information content (AvgIpc) is 2.58. The monoisotopic (exact) mass is 335 g/mol. The van der Waals surface area contributed by atoms with E-state index in [4.69, 9.17) is 14.6 Å². The third kappa shape index (κ3) is 4.19. The Morgan fingerprint density at radius 2 is 1.96 bits per heavy atom. The van der Waals surface area contributed by atoms with Gasteiger partial charge < -0.3 is 19.5 Å². The van der Waals surface area contributed by atoms with E-state index in [1.807, 2.05) is 25.1 Å². The molecule has 2 rings (SSSR count). The molecule has 6 heteroatoms. The van der Waals surface area contributed by atoms with Gasteiger partial charge in [0.25, 0.3) is 0 Å². The molecule has 1 amide bonds. The number of carbonyl (C=O) groups is 2. The smallest absolute Gasteiger partial charge is 0.306 e. The first-order valence-corrected chi connectivity index (χ1v) is 8.17. The molecular formula is C18H25NO5. The first-order valence-electron chi connectivity index (χ1n) is 8.17. The summed E-state index contributed by atoms with van der Waals surface area (Å²) in [7, 11) is 3.17. The highest BCUT2D eigenvalue weighted by Crippen LogP contribution is 2.28. The number of nitrogens with zero attached hydrogens (tertiary/aromatic N) is 1. The molecule has 1 aromatic carbocycles. The van der Waals surface area contributed by atoms with Crippen LogP contribution in [0, 0.1) is 11.8 Å². The maximum absolute atomic E-state index is 12.4. The normalized spacial score (nSPS) is 20.5. The Balaban J connectivity index is 1.91. The number of aliphatic carboxylic acids is 1. The highest BCUT2D eigenvalue weighted by atomic mass is 16.5. The number of piperidine rings is 1. The van der Waals surface area contributed by atoms with Gasteiger partial charge in [-0.25, -0.2) is 0 Å². The molecule has 0 spiro atoms. The maximum atomic E-state index is 12.4. The number of ether oxygens (including phenoxy) is 2. The van der Waals surface area contributed by atoms with Gasteiger partial charge in [-0.3, -0.25) is 9.59 Å². The number of benzene rings is 1. The van der Waals surface area contributed by atoms with Crippen LogP contribution in [0.5, 0.6) is 11.5 Å². The summed E-state index contributed by atoms with van der Waals surface area (Å²) >= 11 is 0. The number of likely N-dealkylation sites (tertiary alicyclic amines) is 1. The standard InChI is InChI=1S/C18H25NO5/c1-12-11-19(9-8-14(12)18(21)22)17(20)7-5-13-4-6-15(23-2)16(10-13)24-3/h4,6,10,12,14H,5,7-9,11H2,1-3H3,(H,21,22). The summed E-state index contributed by atoms with van der Waals surface area (Å²) in [5.74, 6) is 0.261. The second-order valence-corrected chi connectivity index (χ2v) is 6.24. The van der Waals surface area contributed by atoms with Crippen molar-refractivity contribution in [3.05, 3.63) is 23.8 Å². The van der Waals surface area contributed by atoms with Crippen molar-refractivity contribution in [1.29, 1.82) is 0 Å². The van der Waals surface area contributed by atoms with E-state index in [-0.39, 0.29) is 17.7 Å². The second-order valence-electron chi connectivity index (χ2n) is 6.24. The Morgan fingerprint density at radius 1 is 1.25 bits per heavy atom. The Morgan fingerprint density at radius 3 is 2.54 bits per heavy atom. The van der Waals surface area contributed by atoms with Gasteiger partial charge >= 0.3 is 5.97 Å². The predicted molar refractivity (Wildman–Crippen MR) is 89.4 cm³/mol. The van der Waals surface area contributed by atoms with Crippen molar-refractivity contribution in [2.24, 2.45) is 11.8 Å². The Labute approximate surface area is 142 Å². The van der Waals surface area contributed by atoms with E-state index in [0.29, 0.717) is 43.9 Å². The lowest BCUT2D eigenvalue weighted by atomic mass is 9.87.